The topological polar surface area (TPSA) is 26.3 Å². The van der Waals surface area contributed by atoms with Crippen molar-refractivity contribution in [2.24, 2.45) is 0 Å². The molecule has 0 aliphatic carbocycles. The van der Waals surface area contributed by atoms with E-state index < -0.39 is 0 Å². The highest BCUT2D eigenvalue weighted by Crippen LogP contribution is 2.36. The second kappa shape index (κ2) is 9.76. The van der Waals surface area contributed by atoms with Gasteiger partial charge in [-0.2, -0.15) is 0 Å². The average molecular weight is 371 g/mol. The summed E-state index contributed by atoms with van der Waals surface area (Å²) in [6.07, 6.45) is 11.1. The Morgan fingerprint density at radius 1 is 1.17 bits per heavy atom. The Hall–Kier alpha value is -1.29. The lowest BCUT2D eigenvalue weighted by Crippen LogP contribution is -1.99. The summed E-state index contributed by atoms with van der Waals surface area (Å²) in [5.74, 6) is -0.324. The molecular formula is C18H20Cl2O2S. The molecular weight excluding hydrogens is 351 g/mol. The summed E-state index contributed by atoms with van der Waals surface area (Å²) in [6.45, 7) is 7.95. The van der Waals surface area contributed by atoms with E-state index in [0.717, 1.165) is 26.6 Å². The minimum atomic E-state index is -0.324. The average Bonchev–Trinajstić information content (AvgIpc) is 2.70. The number of rotatable bonds is 6. The van der Waals surface area contributed by atoms with Gasteiger partial charge in [0.2, 0.25) is 0 Å². The van der Waals surface area contributed by atoms with Crippen molar-refractivity contribution in [3.05, 3.63) is 61.3 Å². The van der Waals surface area contributed by atoms with Gasteiger partial charge in [0.15, 0.2) is 0 Å². The first-order chi connectivity index (χ1) is 10.8. The number of esters is 1. The molecule has 5 heteroatoms. The van der Waals surface area contributed by atoms with E-state index in [2.05, 4.69) is 0 Å². The molecule has 0 aliphatic rings. The lowest BCUT2D eigenvalue weighted by molar-refractivity contribution is -0.137. The van der Waals surface area contributed by atoms with E-state index in [1.807, 2.05) is 51.2 Å². The Balaban J connectivity index is 2.72. The summed E-state index contributed by atoms with van der Waals surface area (Å²) in [6, 6.07) is 0. The smallest absolute Gasteiger partial charge is 0.330 e. The number of carbonyl (C=O) groups excluding carboxylic acids is 1. The molecule has 0 spiro atoms. The molecule has 0 saturated carbocycles. The van der Waals surface area contributed by atoms with Gasteiger partial charge in [0.25, 0.3) is 0 Å². The Bertz CT molecular complexity index is 679. The zero-order valence-corrected chi connectivity index (χ0v) is 16.0. The van der Waals surface area contributed by atoms with Gasteiger partial charge in [-0.25, -0.2) is 4.79 Å². The molecule has 0 unspecified atom stereocenters. The molecule has 0 atom stereocenters. The molecule has 0 aromatic carbocycles. The van der Waals surface area contributed by atoms with Gasteiger partial charge in [0.05, 0.1) is 10.9 Å². The van der Waals surface area contributed by atoms with E-state index in [-0.39, 0.29) is 5.97 Å². The number of halogens is 2. The number of carbonyl (C=O) groups is 1. The number of allylic oxidation sites excluding steroid dienone is 6. The zero-order valence-electron chi connectivity index (χ0n) is 13.7. The molecule has 0 saturated heterocycles. The first-order valence-corrected chi connectivity index (χ1v) is 8.74. The van der Waals surface area contributed by atoms with Crippen LogP contribution in [0.4, 0.5) is 0 Å². The van der Waals surface area contributed by atoms with Gasteiger partial charge >= 0.3 is 5.97 Å². The van der Waals surface area contributed by atoms with E-state index in [4.69, 9.17) is 27.9 Å². The molecule has 0 N–H and O–H groups in total. The van der Waals surface area contributed by atoms with Gasteiger partial charge in [-0.1, -0.05) is 59.2 Å². The molecule has 0 fully saturated rings. The molecule has 1 aromatic rings. The second-order valence-corrected chi connectivity index (χ2v) is 7.16. The highest BCUT2D eigenvalue weighted by molar-refractivity contribution is 7.20. The minimum Gasteiger partial charge on any atom is -0.463 e. The van der Waals surface area contributed by atoms with Crippen LogP contribution in [-0.2, 0) is 9.53 Å². The van der Waals surface area contributed by atoms with Crippen LogP contribution in [0.25, 0.3) is 6.08 Å². The maximum atomic E-state index is 11.3. The van der Waals surface area contributed by atoms with Gasteiger partial charge in [0.1, 0.15) is 4.34 Å². The molecule has 0 radical (unpaired) electrons. The summed E-state index contributed by atoms with van der Waals surface area (Å²) in [5.41, 5.74) is 3.84. The summed E-state index contributed by atoms with van der Waals surface area (Å²) in [7, 11) is 0. The van der Waals surface area contributed by atoms with E-state index >= 15 is 0 Å². The van der Waals surface area contributed by atoms with Crippen LogP contribution in [0.5, 0.6) is 0 Å². The molecule has 0 bridgehead atoms. The molecule has 1 aromatic heterocycles. The Morgan fingerprint density at radius 3 is 2.43 bits per heavy atom. The fourth-order valence-electron chi connectivity index (χ4n) is 1.69. The van der Waals surface area contributed by atoms with Crippen LogP contribution in [0.1, 0.15) is 31.9 Å². The van der Waals surface area contributed by atoms with Crippen LogP contribution in [0.2, 0.25) is 8.67 Å². The summed E-state index contributed by atoms with van der Waals surface area (Å²) >= 11 is 13.6. The number of thiophene rings is 1. The van der Waals surface area contributed by atoms with Crippen LogP contribution in [0, 0.1) is 6.92 Å². The maximum Gasteiger partial charge on any atom is 0.330 e. The van der Waals surface area contributed by atoms with Gasteiger partial charge in [-0.05, 0) is 38.8 Å². The van der Waals surface area contributed by atoms with Crippen LogP contribution in [0.3, 0.4) is 0 Å². The Morgan fingerprint density at radius 2 is 1.87 bits per heavy atom. The van der Waals surface area contributed by atoms with Crippen molar-refractivity contribution in [1.82, 2.24) is 0 Å². The third-order valence-corrected chi connectivity index (χ3v) is 4.79. The standard InChI is InChI=1S/C18H20Cl2O2S/c1-5-22-16(21)11-13(3)8-6-7-12(2)9-10-15-14(4)17(19)23-18(15)20/h6-11H,5H2,1-4H3/b8-6+,10-9?,12-7?,13-11?. The van der Waals surface area contributed by atoms with Gasteiger partial charge in [0, 0.05) is 11.6 Å². The largest absolute Gasteiger partial charge is 0.463 e. The van der Waals surface area contributed by atoms with Crippen molar-refractivity contribution >= 4 is 46.6 Å². The molecule has 0 amide bonds. The maximum absolute atomic E-state index is 11.3. The third kappa shape index (κ3) is 6.78. The van der Waals surface area contributed by atoms with Crippen molar-refractivity contribution < 1.29 is 9.53 Å². The Labute approximate surface area is 151 Å². The predicted molar refractivity (Wildman–Crippen MR) is 101 cm³/mol. The van der Waals surface area contributed by atoms with Crippen LogP contribution < -0.4 is 0 Å². The van der Waals surface area contributed by atoms with Gasteiger partial charge < -0.3 is 4.74 Å². The van der Waals surface area contributed by atoms with E-state index in [9.17, 15) is 4.79 Å². The monoisotopic (exact) mass is 370 g/mol. The van der Waals surface area contributed by atoms with E-state index in [1.165, 1.54) is 17.4 Å². The van der Waals surface area contributed by atoms with E-state index in [1.54, 1.807) is 6.92 Å². The quantitative estimate of drug-likeness (QED) is 0.329. The highest BCUT2D eigenvalue weighted by atomic mass is 35.5. The van der Waals surface area contributed by atoms with Crippen LogP contribution in [-0.4, -0.2) is 12.6 Å². The first kappa shape index (κ1) is 19.8. The molecule has 124 valence electrons. The first-order valence-electron chi connectivity index (χ1n) is 7.17. The van der Waals surface area contributed by atoms with Gasteiger partial charge in [-0.3, -0.25) is 0 Å². The van der Waals surface area contributed by atoms with Crippen molar-refractivity contribution in [2.75, 3.05) is 6.61 Å². The lowest BCUT2D eigenvalue weighted by atomic mass is 10.1. The minimum absolute atomic E-state index is 0.324. The predicted octanol–water partition coefficient (Wildman–Crippen LogP) is 6.39. The molecule has 23 heavy (non-hydrogen) atoms. The molecule has 2 nitrogen and oxygen atoms in total. The summed E-state index contributed by atoms with van der Waals surface area (Å²) in [5, 5.41) is 0. The van der Waals surface area contributed by atoms with Crippen LogP contribution in [0.15, 0.2) is 41.5 Å². The fraction of sp³-hybridized carbons (Fsp3) is 0.278. The second-order valence-electron chi connectivity index (χ2n) is 4.93. The SMILES string of the molecule is CCOC(=O)C=C(C)/C=C/C=C(C)C=Cc1c(Cl)sc(Cl)c1C. The van der Waals surface area contributed by atoms with Crippen LogP contribution >= 0.6 is 34.5 Å². The lowest BCUT2D eigenvalue weighted by Gasteiger charge is -1.96. The highest BCUT2D eigenvalue weighted by Gasteiger charge is 2.08. The molecule has 1 heterocycles. The molecule has 1 rings (SSSR count). The number of hydrogen-bond donors (Lipinski definition) is 0. The Kier molecular flexibility index (Phi) is 8.38. The normalized spacial score (nSPS) is 13.3. The molecule has 0 aliphatic heterocycles. The van der Waals surface area contributed by atoms with Crippen molar-refractivity contribution in [1.29, 1.82) is 0 Å². The fourth-order valence-corrected chi connectivity index (χ4v) is 3.33. The van der Waals surface area contributed by atoms with Crippen molar-refractivity contribution in [3.8, 4) is 0 Å². The van der Waals surface area contributed by atoms with Crippen molar-refractivity contribution in [2.45, 2.75) is 27.7 Å². The summed E-state index contributed by atoms with van der Waals surface area (Å²) < 4.78 is 6.27. The zero-order chi connectivity index (χ0) is 17.4. The third-order valence-electron chi connectivity index (χ3n) is 2.95. The summed E-state index contributed by atoms with van der Waals surface area (Å²) in [4.78, 5) is 11.3. The number of hydrogen-bond acceptors (Lipinski definition) is 3. The van der Waals surface area contributed by atoms with Crippen molar-refractivity contribution in [3.63, 3.8) is 0 Å². The van der Waals surface area contributed by atoms with E-state index in [0.29, 0.717) is 10.9 Å². The van der Waals surface area contributed by atoms with Gasteiger partial charge in [-0.15, -0.1) is 11.3 Å². The number of ether oxygens (including phenoxy) is 1.